The number of rotatable bonds is 9. The first kappa shape index (κ1) is 18.0. The number of amides is 1. The van der Waals surface area contributed by atoms with Crippen LogP contribution in [0.1, 0.15) is 18.4 Å². The molecule has 1 aromatic rings. The molecule has 1 rings (SSSR count). The van der Waals surface area contributed by atoms with E-state index >= 15 is 0 Å². The Balaban J connectivity index is 2.40. The first-order chi connectivity index (χ1) is 10.5. The van der Waals surface area contributed by atoms with Gasteiger partial charge in [0.1, 0.15) is 6.04 Å². The first-order valence-corrected chi connectivity index (χ1v) is 7.87. The number of aliphatic hydroxyl groups excluding tert-OH is 1. The molecule has 1 amide bonds. The molecule has 0 aliphatic rings. The molecule has 1 unspecified atom stereocenters. The number of hydrogen-bond donors (Lipinski definition) is 3. The zero-order chi connectivity index (χ0) is 16.4. The molecular weight excluding hydrogens is 304 g/mol. The summed E-state index contributed by atoms with van der Waals surface area (Å²) in [5.74, 6) is -0.818. The highest BCUT2D eigenvalue weighted by molar-refractivity contribution is 7.98. The Labute approximate surface area is 133 Å². The summed E-state index contributed by atoms with van der Waals surface area (Å²) in [7, 11) is 0. The third kappa shape index (κ3) is 7.11. The number of benzene rings is 1. The molecule has 22 heavy (non-hydrogen) atoms. The molecule has 118 valence electrons. The van der Waals surface area contributed by atoms with Gasteiger partial charge in [0.25, 0.3) is 0 Å². The summed E-state index contributed by atoms with van der Waals surface area (Å²) in [6, 6.07) is 10.3. The molecule has 0 radical (unpaired) electrons. The molecule has 0 fully saturated rings. The second-order valence-corrected chi connectivity index (χ2v) is 5.71. The standard InChI is InChI=1S/C15H18N2O4S/c16-7-6-12(18)8-14(19)17-13(15(20)21)10-22-9-11-4-2-1-3-5-11/h1-5,12-13,18H,6,8-10H2,(H,17,19)(H,20,21)/t12?,13-/m0/s1. The number of carbonyl (C=O) groups is 2. The van der Waals surface area contributed by atoms with E-state index in [0.29, 0.717) is 5.75 Å². The lowest BCUT2D eigenvalue weighted by atomic mass is 10.2. The highest BCUT2D eigenvalue weighted by Crippen LogP contribution is 2.13. The highest BCUT2D eigenvalue weighted by Gasteiger charge is 2.21. The van der Waals surface area contributed by atoms with Crippen molar-refractivity contribution in [2.24, 2.45) is 0 Å². The summed E-state index contributed by atoms with van der Waals surface area (Å²) >= 11 is 1.40. The molecule has 0 spiro atoms. The Kier molecular flexibility index (Phi) is 8.04. The van der Waals surface area contributed by atoms with Gasteiger partial charge in [-0.05, 0) is 5.56 Å². The third-order valence-corrected chi connectivity index (χ3v) is 3.88. The van der Waals surface area contributed by atoms with Crippen molar-refractivity contribution in [1.29, 1.82) is 5.26 Å². The maximum absolute atomic E-state index is 11.6. The van der Waals surface area contributed by atoms with Crippen LogP contribution in [0.25, 0.3) is 0 Å². The van der Waals surface area contributed by atoms with Crippen LogP contribution in [0.5, 0.6) is 0 Å². The lowest BCUT2D eigenvalue weighted by Crippen LogP contribution is -2.43. The average Bonchev–Trinajstić information content (AvgIpc) is 2.47. The van der Waals surface area contributed by atoms with Gasteiger partial charge in [0.05, 0.1) is 25.0 Å². The molecule has 0 bridgehead atoms. The zero-order valence-corrected chi connectivity index (χ0v) is 12.8. The molecule has 2 atom stereocenters. The van der Waals surface area contributed by atoms with Gasteiger partial charge >= 0.3 is 5.97 Å². The van der Waals surface area contributed by atoms with Crippen molar-refractivity contribution in [1.82, 2.24) is 5.32 Å². The Morgan fingerprint density at radius 1 is 1.32 bits per heavy atom. The van der Waals surface area contributed by atoms with Crippen LogP contribution in [0.4, 0.5) is 0 Å². The number of carboxylic acids is 1. The lowest BCUT2D eigenvalue weighted by molar-refractivity contribution is -0.141. The van der Waals surface area contributed by atoms with E-state index in [-0.39, 0.29) is 18.6 Å². The normalized spacial score (nSPS) is 12.9. The van der Waals surface area contributed by atoms with Gasteiger partial charge in [-0.3, -0.25) is 4.79 Å². The minimum absolute atomic E-state index is 0.159. The summed E-state index contributed by atoms with van der Waals surface area (Å²) in [4.78, 5) is 22.8. The Morgan fingerprint density at radius 2 is 2.00 bits per heavy atom. The van der Waals surface area contributed by atoms with Crippen LogP contribution in [0.3, 0.4) is 0 Å². The molecule has 3 N–H and O–H groups in total. The van der Waals surface area contributed by atoms with Gasteiger partial charge in [0, 0.05) is 11.5 Å². The van der Waals surface area contributed by atoms with E-state index in [0.717, 1.165) is 5.56 Å². The number of nitrogens with one attached hydrogen (secondary N) is 1. The summed E-state index contributed by atoms with van der Waals surface area (Å²) < 4.78 is 0. The number of carbonyl (C=O) groups excluding carboxylic acids is 1. The number of aliphatic carboxylic acids is 1. The molecule has 6 nitrogen and oxygen atoms in total. The predicted octanol–water partition coefficient (Wildman–Crippen LogP) is 1.15. The van der Waals surface area contributed by atoms with Gasteiger partial charge in [-0.25, -0.2) is 4.79 Å². The van der Waals surface area contributed by atoms with Crippen LogP contribution in [0, 0.1) is 11.3 Å². The fourth-order valence-corrected chi connectivity index (χ4v) is 2.70. The summed E-state index contributed by atoms with van der Waals surface area (Å²) in [6.07, 6.45) is -1.51. The van der Waals surface area contributed by atoms with Crippen molar-refractivity contribution < 1.29 is 19.8 Å². The monoisotopic (exact) mass is 322 g/mol. The van der Waals surface area contributed by atoms with E-state index in [9.17, 15) is 14.7 Å². The predicted molar refractivity (Wildman–Crippen MR) is 83.0 cm³/mol. The summed E-state index contributed by atoms with van der Waals surface area (Å²) in [6.45, 7) is 0. The number of hydrogen-bond acceptors (Lipinski definition) is 5. The number of nitrogens with zero attached hydrogens (tertiary/aromatic N) is 1. The molecular formula is C15H18N2O4S. The van der Waals surface area contributed by atoms with Crippen molar-refractivity contribution >= 4 is 23.6 Å². The van der Waals surface area contributed by atoms with Crippen molar-refractivity contribution in [3.8, 4) is 6.07 Å². The van der Waals surface area contributed by atoms with Gasteiger partial charge < -0.3 is 15.5 Å². The van der Waals surface area contributed by atoms with Gasteiger partial charge in [0.15, 0.2) is 0 Å². The highest BCUT2D eigenvalue weighted by atomic mass is 32.2. The van der Waals surface area contributed by atoms with Crippen LogP contribution in [0.2, 0.25) is 0 Å². The molecule has 0 aromatic heterocycles. The molecule has 0 saturated heterocycles. The molecule has 0 saturated carbocycles. The van der Waals surface area contributed by atoms with Crippen molar-refractivity contribution in [2.45, 2.75) is 30.7 Å². The summed E-state index contributed by atoms with van der Waals surface area (Å²) in [5.41, 5.74) is 1.08. The van der Waals surface area contributed by atoms with E-state index in [1.165, 1.54) is 11.8 Å². The Hall–Kier alpha value is -2.04. The maximum atomic E-state index is 11.6. The fourth-order valence-electron chi connectivity index (χ4n) is 1.69. The van der Waals surface area contributed by atoms with E-state index in [4.69, 9.17) is 10.4 Å². The van der Waals surface area contributed by atoms with Crippen LogP contribution in [0.15, 0.2) is 30.3 Å². The minimum Gasteiger partial charge on any atom is -0.480 e. The van der Waals surface area contributed by atoms with Gasteiger partial charge in [-0.15, -0.1) is 0 Å². The third-order valence-electron chi connectivity index (χ3n) is 2.78. The van der Waals surface area contributed by atoms with Crippen molar-refractivity contribution in [3.05, 3.63) is 35.9 Å². The van der Waals surface area contributed by atoms with E-state index in [1.54, 1.807) is 6.07 Å². The lowest BCUT2D eigenvalue weighted by Gasteiger charge is -2.15. The van der Waals surface area contributed by atoms with Crippen LogP contribution < -0.4 is 5.32 Å². The van der Waals surface area contributed by atoms with Crippen molar-refractivity contribution in [3.63, 3.8) is 0 Å². The Morgan fingerprint density at radius 3 is 2.59 bits per heavy atom. The van der Waals surface area contributed by atoms with Crippen LogP contribution in [-0.2, 0) is 15.3 Å². The second-order valence-electron chi connectivity index (χ2n) is 4.68. The number of nitriles is 1. The van der Waals surface area contributed by atoms with E-state index < -0.39 is 24.0 Å². The fraction of sp³-hybridized carbons (Fsp3) is 0.400. The minimum atomic E-state index is -1.12. The maximum Gasteiger partial charge on any atom is 0.327 e. The zero-order valence-electron chi connectivity index (χ0n) is 11.9. The van der Waals surface area contributed by atoms with Gasteiger partial charge in [0.2, 0.25) is 5.91 Å². The van der Waals surface area contributed by atoms with Crippen LogP contribution >= 0.6 is 11.8 Å². The SMILES string of the molecule is N#CCC(O)CC(=O)N[C@@H](CSCc1ccccc1)C(=O)O. The molecule has 7 heteroatoms. The number of thioether (sulfide) groups is 1. The smallest absolute Gasteiger partial charge is 0.327 e. The van der Waals surface area contributed by atoms with E-state index in [2.05, 4.69) is 5.32 Å². The topological polar surface area (TPSA) is 110 Å². The molecule has 0 aliphatic heterocycles. The summed E-state index contributed by atoms with van der Waals surface area (Å²) in [5, 5.41) is 29.2. The number of aliphatic hydroxyl groups is 1. The Bertz CT molecular complexity index is 530. The first-order valence-electron chi connectivity index (χ1n) is 6.71. The number of carboxylic acid groups (broad SMARTS) is 1. The quantitative estimate of drug-likeness (QED) is 0.629. The van der Waals surface area contributed by atoms with Gasteiger partial charge in [-0.1, -0.05) is 30.3 Å². The van der Waals surface area contributed by atoms with Crippen LogP contribution in [-0.4, -0.2) is 40.0 Å². The largest absolute Gasteiger partial charge is 0.480 e. The van der Waals surface area contributed by atoms with Crippen molar-refractivity contribution in [2.75, 3.05) is 5.75 Å². The molecule has 1 aromatic carbocycles. The second kappa shape index (κ2) is 9.82. The van der Waals surface area contributed by atoms with Gasteiger partial charge in [-0.2, -0.15) is 17.0 Å². The average molecular weight is 322 g/mol. The van der Waals surface area contributed by atoms with E-state index in [1.807, 2.05) is 30.3 Å². The molecule has 0 heterocycles. The molecule has 0 aliphatic carbocycles.